The van der Waals surface area contributed by atoms with E-state index in [1.165, 1.54) is 16.7 Å². The van der Waals surface area contributed by atoms with Crippen molar-refractivity contribution in [2.75, 3.05) is 44.6 Å². The molecule has 2 bridgehead atoms. The summed E-state index contributed by atoms with van der Waals surface area (Å²) < 4.78 is 39.4. The molecular formula is C39H52N4O6S. The predicted molar refractivity (Wildman–Crippen MR) is 195 cm³/mol. The quantitative estimate of drug-likeness (QED) is 0.369. The molecular weight excluding hydrogens is 653 g/mol. The highest BCUT2D eigenvalue weighted by atomic mass is 32.2. The molecule has 2 N–H and O–H groups in total. The van der Waals surface area contributed by atoms with E-state index < -0.39 is 21.9 Å². The fourth-order valence-corrected chi connectivity index (χ4v) is 10.6. The maximum absolute atomic E-state index is 14.4. The number of rotatable bonds is 4. The van der Waals surface area contributed by atoms with Gasteiger partial charge in [0.05, 0.1) is 30.3 Å². The lowest BCUT2D eigenvalue weighted by Gasteiger charge is -2.46. The molecule has 11 heteroatoms. The summed E-state index contributed by atoms with van der Waals surface area (Å²) >= 11 is 0. The fourth-order valence-electron chi connectivity index (χ4n) is 8.76. The van der Waals surface area contributed by atoms with Gasteiger partial charge in [-0.15, -0.1) is 4.36 Å². The number of nitrogens with zero attached hydrogens (tertiary/aromatic N) is 2. The number of nitrogens with one attached hydrogen (secondary N) is 2. The number of fused-ring (bicyclic) bond motifs is 4. The molecule has 2 saturated carbocycles. The molecule has 0 saturated heterocycles. The van der Waals surface area contributed by atoms with Crippen molar-refractivity contribution >= 4 is 27.5 Å². The Morgan fingerprint density at radius 3 is 2.72 bits per heavy atom. The van der Waals surface area contributed by atoms with Crippen LogP contribution in [0, 0.1) is 24.7 Å². The summed E-state index contributed by atoms with van der Waals surface area (Å²) in [5, 5.41) is 2.88. The average Bonchev–Trinajstić information content (AvgIpc) is 3.20. The van der Waals surface area contributed by atoms with Crippen LogP contribution in [-0.2, 0) is 31.2 Å². The molecule has 2 fully saturated rings. The largest absolute Gasteiger partial charge is 0.490 e. The van der Waals surface area contributed by atoms with Crippen LogP contribution >= 0.6 is 0 Å². The SMILES string of the molecule is COC1CC(NC(=O)NS2(=O)=NC(=O)c3ccc4c(c3)N(C[C@@H]3CC[C@H]3[C@@H](OC)/C=C/C[C@H](C)C2)C[C@@]2(CCCc3cc(C)ccc32)CO4)C1. The molecule has 3 aliphatic carbocycles. The third-order valence-electron chi connectivity index (χ3n) is 11.7. The van der Waals surface area contributed by atoms with E-state index in [1.54, 1.807) is 20.3 Å². The second-order valence-corrected chi connectivity index (χ2v) is 17.4. The standard InChI is InChI=1S/C39H52N4O6S/c1-25-10-14-33-27(17-25)8-6-16-39(33)23-43-21-29-11-13-32(29)35(48-4)9-5-7-26(2)22-50(46,42-38(45)40-30-19-31(20-30)47-3)41-37(44)28-12-15-36(49-24-39)34(43)18-28/h5,9-10,12,14-15,17-18,26,29-32,35H,6-8,11,13,16,19-24H2,1-4H3,(H2,40,41,42,44,45,46)/b9-5+/t26-,29-,30?,31?,32+,35-,39-,50?/m0/s1. The van der Waals surface area contributed by atoms with E-state index >= 15 is 0 Å². The predicted octanol–water partition coefficient (Wildman–Crippen LogP) is 6.11. The van der Waals surface area contributed by atoms with Crippen LogP contribution in [0.2, 0.25) is 0 Å². The van der Waals surface area contributed by atoms with Gasteiger partial charge in [-0.3, -0.25) is 9.52 Å². The van der Waals surface area contributed by atoms with Crippen LogP contribution in [0.3, 0.4) is 0 Å². The Bertz CT molecular complexity index is 1760. The molecule has 2 heterocycles. The summed E-state index contributed by atoms with van der Waals surface area (Å²) in [6.07, 6.45) is 11.7. The van der Waals surface area contributed by atoms with Crippen molar-refractivity contribution in [1.82, 2.24) is 10.0 Å². The fraction of sp³-hybridized carbons (Fsp3) is 0.590. The highest BCUT2D eigenvalue weighted by Crippen LogP contribution is 2.47. The molecule has 1 spiro atoms. The number of hydrogen-bond acceptors (Lipinski definition) is 7. The summed E-state index contributed by atoms with van der Waals surface area (Å²) in [7, 11) is -0.0404. The zero-order valence-electron chi connectivity index (χ0n) is 29.8. The Morgan fingerprint density at radius 1 is 1.12 bits per heavy atom. The van der Waals surface area contributed by atoms with Crippen molar-refractivity contribution in [3.8, 4) is 5.75 Å². The second kappa shape index (κ2) is 14.3. The molecule has 7 rings (SSSR count). The minimum Gasteiger partial charge on any atom is -0.490 e. The molecule has 3 amide bonds. The van der Waals surface area contributed by atoms with Crippen LogP contribution in [0.5, 0.6) is 5.75 Å². The first-order valence-corrected chi connectivity index (χ1v) is 20.0. The summed E-state index contributed by atoms with van der Waals surface area (Å²) in [5.41, 5.74) is 5.02. The van der Waals surface area contributed by atoms with Gasteiger partial charge in [0.1, 0.15) is 15.7 Å². The normalized spacial score (nSPS) is 34.4. The summed E-state index contributed by atoms with van der Waals surface area (Å²) in [6, 6.07) is 11.6. The molecule has 0 radical (unpaired) electrons. The zero-order chi connectivity index (χ0) is 35.0. The van der Waals surface area contributed by atoms with E-state index in [9.17, 15) is 13.8 Å². The van der Waals surface area contributed by atoms with Crippen LogP contribution in [0.15, 0.2) is 52.9 Å². The Kier molecular flexibility index (Phi) is 10.0. The minimum atomic E-state index is -3.47. The van der Waals surface area contributed by atoms with Crippen molar-refractivity contribution < 1.29 is 28.0 Å². The lowest BCUT2D eigenvalue weighted by atomic mass is 9.68. The average molecular weight is 705 g/mol. The first kappa shape index (κ1) is 35.0. The topological polar surface area (TPSA) is 119 Å². The van der Waals surface area contributed by atoms with E-state index in [0.29, 0.717) is 43.3 Å². The molecule has 270 valence electrons. The number of carbonyl (C=O) groups excluding carboxylic acids is 2. The van der Waals surface area contributed by atoms with Gasteiger partial charge in [-0.05, 0) is 105 Å². The number of methoxy groups -OCH3 is 2. The van der Waals surface area contributed by atoms with Gasteiger partial charge in [0.15, 0.2) is 0 Å². The number of hydrogen-bond donors (Lipinski definition) is 2. The molecule has 10 nitrogen and oxygen atoms in total. The Morgan fingerprint density at radius 2 is 1.96 bits per heavy atom. The van der Waals surface area contributed by atoms with Crippen LogP contribution in [0.1, 0.15) is 78.9 Å². The molecule has 5 aliphatic rings. The maximum Gasteiger partial charge on any atom is 0.327 e. The van der Waals surface area contributed by atoms with Gasteiger partial charge in [-0.1, -0.05) is 42.8 Å². The first-order chi connectivity index (χ1) is 24.1. The molecule has 2 aliphatic heterocycles. The summed E-state index contributed by atoms with van der Waals surface area (Å²) in [4.78, 5) is 29.4. The second-order valence-electron chi connectivity index (χ2n) is 15.4. The summed E-state index contributed by atoms with van der Waals surface area (Å²) in [5.74, 6) is 0.818. The number of benzene rings is 2. The third kappa shape index (κ3) is 7.19. The van der Waals surface area contributed by atoms with Gasteiger partial charge >= 0.3 is 6.03 Å². The number of aryl methyl sites for hydroxylation is 2. The van der Waals surface area contributed by atoms with Crippen molar-refractivity contribution in [2.45, 2.75) is 88.9 Å². The van der Waals surface area contributed by atoms with Crippen molar-refractivity contribution in [2.24, 2.45) is 22.1 Å². The smallest absolute Gasteiger partial charge is 0.327 e. The van der Waals surface area contributed by atoms with Crippen molar-refractivity contribution in [3.05, 3.63) is 70.8 Å². The maximum atomic E-state index is 14.4. The molecule has 0 aromatic heterocycles. The Hall–Kier alpha value is -3.41. The number of urea groups is 1. The third-order valence-corrected chi connectivity index (χ3v) is 13.7. The highest BCUT2D eigenvalue weighted by Gasteiger charge is 2.44. The Balaban J connectivity index is 1.26. The number of anilines is 1. The van der Waals surface area contributed by atoms with Gasteiger partial charge in [-0.2, -0.15) is 0 Å². The monoisotopic (exact) mass is 704 g/mol. The summed E-state index contributed by atoms with van der Waals surface area (Å²) in [6.45, 7) is 6.25. The van der Waals surface area contributed by atoms with E-state index in [0.717, 1.165) is 56.6 Å². The number of ether oxygens (including phenoxy) is 3. The minimum absolute atomic E-state index is 0.0341. The van der Waals surface area contributed by atoms with E-state index in [2.05, 4.69) is 56.6 Å². The van der Waals surface area contributed by atoms with Crippen LogP contribution in [0.4, 0.5) is 10.5 Å². The molecule has 2 aromatic rings. The lowest BCUT2D eigenvalue weighted by molar-refractivity contribution is 0.0131. The van der Waals surface area contributed by atoms with E-state index in [-0.39, 0.29) is 35.3 Å². The number of amides is 3. The van der Waals surface area contributed by atoms with Crippen molar-refractivity contribution in [1.29, 1.82) is 0 Å². The van der Waals surface area contributed by atoms with Gasteiger partial charge in [-0.25, -0.2) is 9.00 Å². The van der Waals surface area contributed by atoms with Crippen molar-refractivity contribution in [3.63, 3.8) is 0 Å². The molecule has 6 atom stereocenters. The van der Waals surface area contributed by atoms with E-state index in [1.807, 2.05) is 19.1 Å². The number of allylic oxidation sites excluding steroid dienone is 1. The van der Waals surface area contributed by atoms with Crippen LogP contribution in [-0.4, -0.2) is 74.1 Å². The van der Waals surface area contributed by atoms with Gasteiger partial charge in [0, 0.05) is 44.3 Å². The van der Waals surface area contributed by atoms with Gasteiger partial charge < -0.3 is 24.4 Å². The van der Waals surface area contributed by atoms with Gasteiger partial charge in [0.2, 0.25) is 0 Å². The molecule has 2 aromatic carbocycles. The first-order valence-electron chi connectivity index (χ1n) is 18.3. The molecule has 1 unspecified atom stereocenters. The van der Waals surface area contributed by atoms with Crippen LogP contribution < -0.4 is 19.7 Å². The lowest BCUT2D eigenvalue weighted by Crippen LogP contribution is -2.52. The number of carbonyl (C=O) groups is 2. The Labute approximate surface area is 297 Å². The zero-order valence-corrected chi connectivity index (χ0v) is 30.6. The van der Waals surface area contributed by atoms with E-state index in [4.69, 9.17) is 14.2 Å². The molecule has 50 heavy (non-hydrogen) atoms. The van der Waals surface area contributed by atoms with Gasteiger partial charge in [0.25, 0.3) is 5.91 Å². The highest BCUT2D eigenvalue weighted by molar-refractivity contribution is 7.92. The van der Waals surface area contributed by atoms with Crippen LogP contribution in [0.25, 0.3) is 0 Å².